The van der Waals surface area contributed by atoms with Crippen LogP contribution >= 0.6 is 0 Å². The van der Waals surface area contributed by atoms with Crippen LogP contribution < -0.4 is 0 Å². The van der Waals surface area contributed by atoms with Crippen LogP contribution in [0.15, 0.2) is 24.3 Å². The minimum absolute atomic E-state index is 0.893. The molecule has 0 saturated heterocycles. The van der Waals surface area contributed by atoms with Crippen molar-refractivity contribution < 1.29 is 0 Å². The Kier molecular flexibility index (Phi) is 8.99. The second kappa shape index (κ2) is 9.45. The molecule has 1 aliphatic carbocycles. The first kappa shape index (κ1) is 15.2. The predicted octanol–water partition coefficient (Wildman–Crippen LogP) is 5.25. The van der Waals surface area contributed by atoms with Crippen molar-refractivity contribution in [2.45, 2.75) is 60.3 Å². The molecular formula is C16H28. The van der Waals surface area contributed by atoms with Crippen molar-refractivity contribution >= 4 is 0 Å². The first-order valence-corrected chi connectivity index (χ1v) is 6.84. The number of rotatable bonds is 0. The second-order valence-electron chi connectivity index (χ2n) is 4.32. The summed E-state index contributed by atoms with van der Waals surface area (Å²) in [5, 5.41) is 0. The maximum atomic E-state index is 2.34. The van der Waals surface area contributed by atoms with E-state index < -0.39 is 0 Å². The van der Waals surface area contributed by atoms with Gasteiger partial charge >= 0.3 is 0 Å². The van der Waals surface area contributed by atoms with Crippen LogP contribution in [0.25, 0.3) is 0 Å². The molecule has 0 bridgehead atoms. The van der Waals surface area contributed by atoms with Gasteiger partial charge in [-0.15, -0.1) is 0 Å². The number of fused-ring (bicyclic) bond motifs is 1. The maximum absolute atomic E-state index is 2.34. The summed E-state index contributed by atoms with van der Waals surface area (Å²) in [5.41, 5.74) is 3.15. The minimum atomic E-state index is 0.893. The lowest BCUT2D eigenvalue weighted by Crippen LogP contribution is -2.10. The summed E-state index contributed by atoms with van der Waals surface area (Å²) in [5.74, 6) is 0.893. The molecule has 1 atom stereocenters. The van der Waals surface area contributed by atoms with Gasteiger partial charge in [-0.05, 0) is 36.3 Å². The molecule has 0 spiro atoms. The van der Waals surface area contributed by atoms with Crippen LogP contribution in [0.4, 0.5) is 0 Å². The van der Waals surface area contributed by atoms with Gasteiger partial charge in [0.15, 0.2) is 0 Å². The summed E-state index contributed by atoms with van der Waals surface area (Å²) >= 11 is 0. The standard InChI is InChI=1S/C11H14.C3H8.C2H6/c1-9-6-7-10-4-2-3-5-11(10)8-9;1-3-2;1-2/h2-5,9H,6-8H2,1H3;3H2,1-2H3;1-2H3. The van der Waals surface area contributed by atoms with Gasteiger partial charge < -0.3 is 0 Å². The van der Waals surface area contributed by atoms with Crippen molar-refractivity contribution in [3.8, 4) is 0 Å². The molecule has 0 N–H and O–H groups in total. The van der Waals surface area contributed by atoms with E-state index >= 15 is 0 Å². The van der Waals surface area contributed by atoms with Gasteiger partial charge in [0.1, 0.15) is 0 Å². The largest absolute Gasteiger partial charge is 0.0683 e. The Morgan fingerprint density at radius 1 is 1.06 bits per heavy atom. The Bertz CT molecular complexity index is 262. The van der Waals surface area contributed by atoms with Crippen LogP contribution in [0.1, 0.15) is 58.6 Å². The predicted molar refractivity (Wildman–Crippen MR) is 74.9 cm³/mol. The quantitative estimate of drug-likeness (QED) is 0.560. The summed E-state index contributed by atoms with van der Waals surface area (Å²) in [7, 11) is 0. The Labute approximate surface area is 102 Å². The molecule has 0 radical (unpaired) electrons. The molecule has 0 aliphatic heterocycles. The van der Waals surface area contributed by atoms with Crippen molar-refractivity contribution in [3.63, 3.8) is 0 Å². The van der Waals surface area contributed by atoms with E-state index in [0.717, 1.165) is 5.92 Å². The van der Waals surface area contributed by atoms with E-state index in [2.05, 4.69) is 45.0 Å². The first-order chi connectivity index (χ1) is 7.77. The van der Waals surface area contributed by atoms with Gasteiger partial charge in [-0.25, -0.2) is 0 Å². The molecule has 1 aromatic carbocycles. The summed E-state index contributed by atoms with van der Waals surface area (Å²) in [6, 6.07) is 8.83. The Morgan fingerprint density at radius 3 is 2.12 bits per heavy atom. The van der Waals surface area contributed by atoms with Gasteiger partial charge in [-0.1, -0.05) is 65.3 Å². The van der Waals surface area contributed by atoms with Crippen molar-refractivity contribution in [1.29, 1.82) is 0 Å². The molecule has 16 heavy (non-hydrogen) atoms. The van der Waals surface area contributed by atoms with E-state index in [-0.39, 0.29) is 0 Å². The number of aryl methyl sites for hydroxylation is 1. The van der Waals surface area contributed by atoms with Crippen LogP contribution in [-0.2, 0) is 12.8 Å². The van der Waals surface area contributed by atoms with E-state index in [1.54, 1.807) is 11.1 Å². The Balaban J connectivity index is 0.000000394. The fourth-order valence-corrected chi connectivity index (χ4v) is 1.88. The second-order valence-corrected chi connectivity index (χ2v) is 4.32. The molecular weight excluding hydrogens is 192 g/mol. The lowest BCUT2D eigenvalue weighted by atomic mass is 9.85. The molecule has 0 heterocycles. The van der Waals surface area contributed by atoms with Crippen LogP contribution in [0, 0.1) is 5.92 Å². The maximum Gasteiger partial charge on any atom is -0.0250 e. The van der Waals surface area contributed by atoms with E-state index in [1.165, 1.54) is 25.7 Å². The molecule has 2 rings (SSSR count). The van der Waals surface area contributed by atoms with Gasteiger partial charge in [-0.2, -0.15) is 0 Å². The topological polar surface area (TPSA) is 0 Å². The van der Waals surface area contributed by atoms with Crippen molar-refractivity contribution in [2.75, 3.05) is 0 Å². The molecule has 0 aromatic heterocycles. The minimum Gasteiger partial charge on any atom is -0.0683 e. The Hall–Kier alpha value is -0.780. The van der Waals surface area contributed by atoms with E-state index in [9.17, 15) is 0 Å². The highest BCUT2D eigenvalue weighted by atomic mass is 14.2. The van der Waals surface area contributed by atoms with Crippen molar-refractivity contribution in [2.24, 2.45) is 5.92 Å². The average Bonchev–Trinajstić information content (AvgIpc) is 2.32. The number of hydrogen-bond donors (Lipinski definition) is 0. The first-order valence-electron chi connectivity index (χ1n) is 6.84. The number of hydrogen-bond acceptors (Lipinski definition) is 0. The lowest BCUT2D eigenvalue weighted by Gasteiger charge is -2.20. The molecule has 0 fully saturated rings. The fourth-order valence-electron chi connectivity index (χ4n) is 1.88. The van der Waals surface area contributed by atoms with Crippen LogP contribution in [0.2, 0.25) is 0 Å². The van der Waals surface area contributed by atoms with Gasteiger partial charge in [0.05, 0.1) is 0 Å². The zero-order chi connectivity index (χ0) is 12.4. The molecule has 1 aliphatic rings. The van der Waals surface area contributed by atoms with Gasteiger partial charge in [0, 0.05) is 0 Å². The number of benzene rings is 1. The molecule has 0 heteroatoms. The summed E-state index contributed by atoms with van der Waals surface area (Å²) in [6.07, 6.45) is 5.20. The van der Waals surface area contributed by atoms with Crippen molar-refractivity contribution in [1.82, 2.24) is 0 Å². The lowest BCUT2D eigenvalue weighted by molar-refractivity contribution is 0.501. The highest BCUT2D eigenvalue weighted by molar-refractivity contribution is 5.29. The summed E-state index contributed by atoms with van der Waals surface area (Å²) in [4.78, 5) is 0. The van der Waals surface area contributed by atoms with Gasteiger partial charge in [0.25, 0.3) is 0 Å². The molecule has 0 nitrogen and oxygen atoms in total. The summed E-state index contributed by atoms with van der Waals surface area (Å²) < 4.78 is 0. The van der Waals surface area contributed by atoms with E-state index in [1.807, 2.05) is 13.8 Å². The third-order valence-corrected chi connectivity index (χ3v) is 2.59. The fraction of sp³-hybridized carbons (Fsp3) is 0.625. The van der Waals surface area contributed by atoms with Gasteiger partial charge in [0.2, 0.25) is 0 Å². The third kappa shape index (κ3) is 5.34. The molecule has 0 saturated carbocycles. The van der Waals surface area contributed by atoms with Crippen LogP contribution in [-0.4, -0.2) is 0 Å². The smallest absolute Gasteiger partial charge is 0.0250 e. The monoisotopic (exact) mass is 220 g/mol. The zero-order valence-corrected chi connectivity index (χ0v) is 11.7. The van der Waals surface area contributed by atoms with E-state index in [4.69, 9.17) is 0 Å². The van der Waals surface area contributed by atoms with Crippen LogP contribution in [0.3, 0.4) is 0 Å². The highest BCUT2D eigenvalue weighted by Gasteiger charge is 2.13. The molecule has 92 valence electrons. The van der Waals surface area contributed by atoms with Crippen LogP contribution in [0.5, 0.6) is 0 Å². The van der Waals surface area contributed by atoms with E-state index in [0.29, 0.717) is 0 Å². The third-order valence-electron chi connectivity index (χ3n) is 2.59. The van der Waals surface area contributed by atoms with Gasteiger partial charge in [-0.3, -0.25) is 0 Å². The molecule has 1 unspecified atom stereocenters. The normalized spacial score (nSPS) is 17.2. The summed E-state index contributed by atoms with van der Waals surface area (Å²) in [6.45, 7) is 10.6. The molecule has 1 aromatic rings. The Morgan fingerprint density at radius 2 is 1.56 bits per heavy atom. The highest BCUT2D eigenvalue weighted by Crippen LogP contribution is 2.24. The molecule has 0 amide bonds. The SMILES string of the molecule is CC.CC1CCc2ccccc2C1.CCC. The average molecular weight is 220 g/mol. The van der Waals surface area contributed by atoms with Crippen molar-refractivity contribution in [3.05, 3.63) is 35.4 Å². The zero-order valence-electron chi connectivity index (χ0n) is 11.7.